The molecule has 0 saturated carbocycles. The molecule has 1 heterocycles. The van der Waals surface area contributed by atoms with E-state index < -0.39 is 0 Å². The molecule has 0 spiro atoms. The number of esters is 1. The van der Waals surface area contributed by atoms with Crippen LogP contribution in [0.15, 0.2) is 48.5 Å². The molecule has 2 aromatic rings. The first-order valence-corrected chi connectivity index (χ1v) is 9.99. The second kappa shape index (κ2) is 10.1. The lowest BCUT2D eigenvalue weighted by Gasteiger charge is -2.15. The van der Waals surface area contributed by atoms with E-state index in [0.29, 0.717) is 12.2 Å². The van der Waals surface area contributed by atoms with Gasteiger partial charge in [0.05, 0.1) is 12.5 Å². The standard InChI is InChI=1S/C24H30NO3.BrH/c1-18-24(2,3)21-17-20(27-4)14-15-22(21)25(18)16-10-6-9-13-23(26)28-19-11-7-5-8-12-19;/h5,7-8,11-12,14-15,17H,6,9-10,13,16H2,1-4H3;1H/q+1;/p-1. The maximum absolute atomic E-state index is 11.9. The quantitative estimate of drug-likeness (QED) is 0.263. The lowest BCUT2D eigenvalue weighted by Crippen LogP contribution is -3.00. The summed E-state index contributed by atoms with van der Waals surface area (Å²) in [5.41, 5.74) is 3.95. The number of carbonyl (C=O) groups is 1. The Morgan fingerprint density at radius 1 is 1.00 bits per heavy atom. The summed E-state index contributed by atoms with van der Waals surface area (Å²) in [7, 11) is 1.71. The van der Waals surface area contributed by atoms with E-state index in [1.807, 2.05) is 24.3 Å². The highest BCUT2D eigenvalue weighted by atomic mass is 79.9. The number of ether oxygens (including phenoxy) is 2. The third-order valence-corrected chi connectivity index (χ3v) is 5.71. The van der Waals surface area contributed by atoms with E-state index in [2.05, 4.69) is 37.5 Å². The molecule has 0 atom stereocenters. The summed E-state index contributed by atoms with van der Waals surface area (Å²) in [4.78, 5) is 11.9. The highest BCUT2D eigenvalue weighted by molar-refractivity contribution is 5.93. The molecule has 4 nitrogen and oxygen atoms in total. The van der Waals surface area contributed by atoms with E-state index in [4.69, 9.17) is 9.47 Å². The Morgan fingerprint density at radius 3 is 2.41 bits per heavy atom. The molecule has 0 unspecified atom stereocenters. The summed E-state index contributed by atoms with van der Waals surface area (Å²) in [5.74, 6) is 1.36. The highest BCUT2D eigenvalue weighted by Crippen LogP contribution is 2.41. The molecular formula is C24H30BrNO3. The van der Waals surface area contributed by atoms with Crippen molar-refractivity contribution in [3.8, 4) is 11.5 Å². The summed E-state index contributed by atoms with van der Waals surface area (Å²) in [6.45, 7) is 7.70. The van der Waals surface area contributed by atoms with Gasteiger partial charge < -0.3 is 26.5 Å². The molecule has 0 N–H and O–H groups in total. The van der Waals surface area contributed by atoms with Crippen LogP contribution in [0.4, 0.5) is 5.69 Å². The molecular weight excluding hydrogens is 430 g/mol. The van der Waals surface area contributed by atoms with Crippen LogP contribution in [-0.2, 0) is 10.2 Å². The molecule has 0 fully saturated rings. The van der Waals surface area contributed by atoms with Crippen LogP contribution in [0.3, 0.4) is 0 Å². The average Bonchev–Trinajstić information content (AvgIpc) is 2.88. The summed E-state index contributed by atoms with van der Waals surface area (Å²) in [5, 5.41) is 0. The Morgan fingerprint density at radius 2 is 1.72 bits per heavy atom. The number of carbonyl (C=O) groups excluding carboxylic acids is 1. The van der Waals surface area contributed by atoms with Gasteiger partial charge in [0.25, 0.3) is 0 Å². The number of unbranched alkanes of at least 4 members (excludes halogenated alkanes) is 2. The van der Waals surface area contributed by atoms with Crippen LogP contribution in [0.5, 0.6) is 11.5 Å². The Bertz CT molecular complexity index is 875. The van der Waals surface area contributed by atoms with Crippen molar-refractivity contribution in [1.29, 1.82) is 0 Å². The van der Waals surface area contributed by atoms with Crippen molar-refractivity contribution in [1.82, 2.24) is 0 Å². The topological polar surface area (TPSA) is 38.5 Å². The van der Waals surface area contributed by atoms with E-state index in [0.717, 1.165) is 31.6 Å². The normalized spacial score (nSPS) is 14.2. The van der Waals surface area contributed by atoms with Crippen LogP contribution >= 0.6 is 0 Å². The first-order valence-electron chi connectivity index (χ1n) is 9.99. The summed E-state index contributed by atoms with van der Waals surface area (Å²) in [6, 6.07) is 15.6. The maximum atomic E-state index is 11.9. The second-order valence-corrected chi connectivity index (χ2v) is 7.84. The number of benzene rings is 2. The smallest absolute Gasteiger partial charge is 0.311 e. The highest BCUT2D eigenvalue weighted by Gasteiger charge is 2.42. The van der Waals surface area contributed by atoms with Gasteiger partial charge in [0, 0.05) is 31.4 Å². The largest absolute Gasteiger partial charge is 1.00 e. The van der Waals surface area contributed by atoms with Gasteiger partial charge in [0.1, 0.15) is 18.0 Å². The predicted octanol–water partition coefficient (Wildman–Crippen LogP) is 2.26. The number of para-hydroxylation sites is 1. The van der Waals surface area contributed by atoms with E-state index in [1.54, 1.807) is 19.2 Å². The minimum absolute atomic E-state index is 0. The number of rotatable bonds is 8. The fourth-order valence-electron chi connectivity index (χ4n) is 3.77. The van der Waals surface area contributed by atoms with Crippen LogP contribution < -0.4 is 26.5 Å². The summed E-state index contributed by atoms with van der Waals surface area (Å²) in [6.07, 6.45) is 3.34. The summed E-state index contributed by atoms with van der Waals surface area (Å²) >= 11 is 0. The van der Waals surface area contributed by atoms with Crippen molar-refractivity contribution in [2.75, 3.05) is 13.7 Å². The van der Waals surface area contributed by atoms with E-state index >= 15 is 0 Å². The molecule has 2 aromatic carbocycles. The molecule has 0 radical (unpaired) electrons. The first-order chi connectivity index (χ1) is 13.4. The van der Waals surface area contributed by atoms with Crippen molar-refractivity contribution in [3.63, 3.8) is 0 Å². The zero-order valence-corrected chi connectivity index (χ0v) is 19.3. The van der Waals surface area contributed by atoms with Crippen molar-refractivity contribution in [3.05, 3.63) is 54.1 Å². The molecule has 5 heteroatoms. The first kappa shape index (κ1) is 23.1. The van der Waals surface area contributed by atoms with Gasteiger partial charge >= 0.3 is 5.97 Å². The minimum Gasteiger partial charge on any atom is -1.00 e. The molecule has 0 bridgehead atoms. The van der Waals surface area contributed by atoms with Crippen molar-refractivity contribution in [2.24, 2.45) is 0 Å². The second-order valence-electron chi connectivity index (χ2n) is 7.84. The zero-order valence-electron chi connectivity index (χ0n) is 17.7. The van der Waals surface area contributed by atoms with E-state index in [9.17, 15) is 4.79 Å². The van der Waals surface area contributed by atoms with Crippen molar-refractivity contribution in [2.45, 2.75) is 51.9 Å². The molecule has 0 aliphatic carbocycles. The number of methoxy groups -OCH3 is 1. The van der Waals surface area contributed by atoms with Gasteiger partial charge in [0.2, 0.25) is 5.69 Å². The molecule has 0 saturated heterocycles. The Kier molecular flexibility index (Phi) is 8.03. The number of halogens is 1. The minimum atomic E-state index is -0.159. The number of nitrogens with zero attached hydrogens (tertiary/aromatic N) is 1. The van der Waals surface area contributed by atoms with Gasteiger partial charge in [-0.25, -0.2) is 0 Å². The average molecular weight is 460 g/mol. The van der Waals surface area contributed by atoms with E-state index in [-0.39, 0.29) is 28.4 Å². The van der Waals surface area contributed by atoms with Crippen molar-refractivity contribution >= 4 is 17.4 Å². The molecule has 29 heavy (non-hydrogen) atoms. The van der Waals surface area contributed by atoms with Crippen molar-refractivity contribution < 1.29 is 35.8 Å². The Balaban J connectivity index is 0.00000300. The number of hydrogen-bond donors (Lipinski definition) is 0. The maximum Gasteiger partial charge on any atom is 0.311 e. The third kappa shape index (κ3) is 5.27. The molecule has 1 aliphatic heterocycles. The van der Waals surface area contributed by atoms with Crippen LogP contribution in [-0.4, -0.2) is 29.9 Å². The lowest BCUT2D eigenvalue weighted by molar-refractivity contribution is -0.439. The fraction of sp³-hybridized carbons (Fsp3) is 0.417. The fourth-order valence-corrected chi connectivity index (χ4v) is 3.77. The lowest BCUT2D eigenvalue weighted by atomic mass is 9.82. The SMILES string of the molecule is COc1ccc2c(c1)C(C)(C)C(C)=[N+]2CCCCCC(=O)Oc1ccccc1.[Br-]. The summed E-state index contributed by atoms with van der Waals surface area (Å²) < 4.78 is 13.2. The Hall–Kier alpha value is -2.14. The van der Waals surface area contributed by atoms with Crippen LogP contribution in [0.25, 0.3) is 0 Å². The monoisotopic (exact) mass is 459 g/mol. The number of hydrogen-bond acceptors (Lipinski definition) is 3. The zero-order chi connectivity index (χ0) is 20.1. The molecule has 1 aliphatic rings. The van der Waals surface area contributed by atoms with Gasteiger partial charge in [-0.3, -0.25) is 4.79 Å². The molecule has 0 amide bonds. The van der Waals surface area contributed by atoms with Gasteiger partial charge in [-0.05, 0) is 51.0 Å². The van der Waals surface area contributed by atoms with Crippen LogP contribution in [0, 0.1) is 0 Å². The van der Waals surface area contributed by atoms with Crippen LogP contribution in [0.1, 0.15) is 52.0 Å². The van der Waals surface area contributed by atoms with Crippen LogP contribution in [0.2, 0.25) is 0 Å². The number of fused-ring (bicyclic) bond motifs is 1. The molecule has 156 valence electrons. The van der Waals surface area contributed by atoms with Gasteiger partial charge in [0.15, 0.2) is 5.71 Å². The van der Waals surface area contributed by atoms with Gasteiger partial charge in [-0.2, -0.15) is 4.58 Å². The molecule has 0 aromatic heterocycles. The van der Waals surface area contributed by atoms with Gasteiger partial charge in [-0.1, -0.05) is 18.2 Å². The molecule has 3 rings (SSSR count). The van der Waals surface area contributed by atoms with Gasteiger partial charge in [-0.15, -0.1) is 0 Å². The predicted molar refractivity (Wildman–Crippen MR) is 112 cm³/mol. The van der Waals surface area contributed by atoms with E-state index in [1.165, 1.54) is 17.0 Å². The Labute approximate surface area is 184 Å². The third-order valence-electron chi connectivity index (χ3n) is 5.71.